The van der Waals surface area contributed by atoms with E-state index in [1.54, 1.807) is 0 Å². The first-order valence-corrected chi connectivity index (χ1v) is 12.3. The van der Waals surface area contributed by atoms with Crippen LogP contribution < -0.4 is 5.01 Å². The maximum atomic E-state index is 10.3. The van der Waals surface area contributed by atoms with Crippen molar-refractivity contribution in [3.05, 3.63) is 96.6 Å². The third kappa shape index (κ3) is 7.29. The standard InChI is InChI=1S/C29H34N4O/c34-28(20-10-12-22-30-32-24-29(32)25-14-4-1-5-15-25)21-11-13-23-31-33(26-16-6-2-7-17-26)27-18-8-3-9-19-27/h1-9,14-19,22-23,28-29,34H,10-13,20-21,24H2/b30-22+,31-23+. The predicted molar refractivity (Wildman–Crippen MR) is 142 cm³/mol. The normalized spacial score (nSPS) is 16.3. The number of anilines is 2. The number of hydrogen-bond donors (Lipinski definition) is 1. The van der Waals surface area contributed by atoms with Gasteiger partial charge in [-0.3, -0.25) is 5.01 Å². The first kappa shape index (κ1) is 23.7. The Balaban J connectivity index is 1.12. The Morgan fingerprint density at radius 3 is 1.91 bits per heavy atom. The maximum absolute atomic E-state index is 10.3. The number of unbranched alkanes of at least 4 members (excludes halogenated alkanes) is 2. The SMILES string of the molecule is OC(CCC/C=N/N(c1ccccc1)c1ccccc1)CCC/C=N/N1CC1c1ccccc1. The molecular formula is C29H34N4O. The highest BCUT2D eigenvalue weighted by Crippen LogP contribution is 2.34. The molecule has 3 aromatic rings. The van der Waals surface area contributed by atoms with Gasteiger partial charge in [-0.15, -0.1) is 0 Å². The molecule has 176 valence electrons. The van der Waals surface area contributed by atoms with Crippen LogP contribution in [0.1, 0.15) is 50.1 Å². The molecule has 2 unspecified atom stereocenters. The summed E-state index contributed by atoms with van der Waals surface area (Å²) in [6, 6.07) is 31.3. The summed E-state index contributed by atoms with van der Waals surface area (Å²) < 4.78 is 0. The van der Waals surface area contributed by atoms with Crippen LogP contribution in [0.25, 0.3) is 0 Å². The minimum atomic E-state index is -0.264. The first-order chi connectivity index (χ1) is 16.8. The summed E-state index contributed by atoms with van der Waals surface area (Å²) in [6.45, 7) is 0.997. The van der Waals surface area contributed by atoms with Crippen molar-refractivity contribution >= 4 is 23.8 Å². The molecule has 1 aliphatic rings. The van der Waals surface area contributed by atoms with E-state index >= 15 is 0 Å². The highest BCUT2D eigenvalue weighted by Gasteiger charge is 2.33. The molecule has 1 saturated heterocycles. The maximum Gasteiger partial charge on any atom is 0.0912 e. The van der Waals surface area contributed by atoms with E-state index in [1.807, 2.05) is 59.9 Å². The highest BCUT2D eigenvalue weighted by atomic mass is 16.3. The third-order valence-corrected chi connectivity index (χ3v) is 5.94. The molecule has 0 bridgehead atoms. The van der Waals surface area contributed by atoms with E-state index < -0.39 is 0 Å². The predicted octanol–water partition coefficient (Wildman–Crippen LogP) is 6.55. The van der Waals surface area contributed by atoms with Gasteiger partial charge in [-0.05, 0) is 68.4 Å². The van der Waals surface area contributed by atoms with Crippen molar-refractivity contribution in [2.45, 2.75) is 50.7 Å². The smallest absolute Gasteiger partial charge is 0.0912 e. The van der Waals surface area contributed by atoms with Crippen LogP contribution in [0.4, 0.5) is 11.4 Å². The van der Waals surface area contributed by atoms with Crippen molar-refractivity contribution in [1.82, 2.24) is 5.01 Å². The molecule has 0 spiro atoms. The number of para-hydroxylation sites is 2. The lowest BCUT2D eigenvalue weighted by molar-refractivity contribution is 0.151. The van der Waals surface area contributed by atoms with E-state index in [0.29, 0.717) is 6.04 Å². The summed E-state index contributed by atoms with van der Waals surface area (Å²) in [5, 5.41) is 23.6. The molecule has 5 heteroatoms. The van der Waals surface area contributed by atoms with Crippen molar-refractivity contribution in [2.75, 3.05) is 11.6 Å². The summed E-state index contributed by atoms with van der Waals surface area (Å²) in [5.41, 5.74) is 3.39. The van der Waals surface area contributed by atoms with Gasteiger partial charge in [0.05, 0.1) is 30.1 Å². The molecular weight excluding hydrogens is 420 g/mol. The Morgan fingerprint density at radius 1 is 0.794 bits per heavy atom. The van der Waals surface area contributed by atoms with Gasteiger partial charge in [0.2, 0.25) is 0 Å². The number of nitrogens with zero attached hydrogens (tertiary/aromatic N) is 4. The number of benzene rings is 3. The average molecular weight is 455 g/mol. The van der Waals surface area contributed by atoms with Gasteiger partial charge < -0.3 is 5.11 Å². The van der Waals surface area contributed by atoms with Crippen molar-refractivity contribution < 1.29 is 5.11 Å². The summed E-state index contributed by atoms with van der Waals surface area (Å²) in [4.78, 5) is 0. The monoisotopic (exact) mass is 454 g/mol. The Morgan fingerprint density at radius 2 is 1.32 bits per heavy atom. The van der Waals surface area contributed by atoms with E-state index in [4.69, 9.17) is 5.10 Å². The highest BCUT2D eigenvalue weighted by molar-refractivity contribution is 5.67. The van der Waals surface area contributed by atoms with Crippen LogP contribution in [-0.2, 0) is 0 Å². The van der Waals surface area contributed by atoms with E-state index in [9.17, 15) is 5.11 Å². The fourth-order valence-corrected chi connectivity index (χ4v) is 3.97. The molecule has 3 aromatic carbocycles. The Hall–Kier alpha value is -3.44. The van der Waals surface area contributed by atoms with Crippen molar-refractivity contribution in [1.29, 1.82) is 0 Å². The lowest BCUT2D eigenvalue weighted by Gasteiger charge is -2.19. The molecule has 0 amide bonds. The molecule has 2 atom stereocenters. The van der Waals surface area contributed by atoms with E-state index in [2.05, 4.69) is 58.6 Å². The lowest BCUT2D eigenvalue weighted by atomic mass is 10.1. The van der Waals surface area contributed by atoms with Crippen molar-refractivity contribution in [3.63, 3.8) is 0 Å². The Labute approximate surface area is 203 Å². The Bertz CT molecular complexity index is 984. The van der Waals surface area contributed by atoms with E-state index in [-0.39, 0.29) is 6.10 Å². The van der Waals surface area contributed by atoms with Gasteiger partial charge in [-0.1, -0.05) is 66.7 Å². The molecule has 0 aromatic heterocycles. The van der Waals surface area contributed by atoms with Crippen LogP contribution in [0.5, 0.6) is 0 Å². The zero-order valence-electron chi connectivity index (χ0n) is 19.7. The number of hydrazone groups is 2. The van der Waals surface area contributed by atoms with Gasteiger partial charge in [0, 0.05) is 12.4 Å². The van der Waals surface area contributed by atoms with Gasteiger partial charge in [0.25, 0.3) is 0 Å². The third-order valence-electron chi connectivity index (χ3n) is 5.94. The molecule has 1 N–H and O–H groups in total. The second-order valence-electron chi connectivity index (χ2n) is 8.64. The molecule has 1 heterocycles. The lowest BCUT2D eigenvalue weighted by Crippen LogP contribution is -2.09. The van der Waals surface area contributed by atoms with Gasteiger partial charge in [-0.2, -0.15) is 10.2 Å². The number of rotatable bonds is 13. The molecule has 34 heavy (non-hydrogen) atoms. The molecule has 5 nitrogen and oxygen atoms in total. The zero-order valence-corrected chi connectivity index (χ0v) is 19.7. The zero-order chi connectivity index (χ0) is 23.4. The molecule has 0 aliphatic carbocycles. The molecule has 0 saturated carbocycles. The number of hydrogen-bond acceptors (Lipinski definition) is 5. The number of aliphatic hydroxyl groups is 1. The second-order valence-corrected chi connectivity index (χ2v) is 8.64. The topological polar surface area (TPSA) is 51.2 Å². The van der Waals surface area contributed by atoms with Crippen LogP contribution >= 0.6 is 0 Å². The minimum absolute atomic E-state index is 0.264. The van der Waals surface area contributed by atoms with Crippen molar-refractivity contribution in [3.8, 4) is 0 Å². The number of aliphatic hydroxyl groups excluding tert-OH is 1. The largest absolute Gasteiger partial charge is 0.393 e. The van der Waals surface area contributed by atoms with Crippen LogP contribution in [0.15, 0.2) is 101 Å². The quantitative estimate of drug-likeness (QED) is 0.138. The summed E-state index contributed by atoms with van der Waals surface area (Å²) >= 11 is 0. The van der Waals surface area contributed by atoms with Crippen LogP contribution in [0.2, 0.25) is 0 Å². The second kappa shape index (κ2) is 12.7. The molecule has 4 rings (SSSR count). The average Bonchev–Trinajstić information content (AvgIpc) is 3.67. The van der Waals surface area contributed by atoms with Crippen LogP contribution in [0.3, 0.4) is 0 Å². The summed E-state index contributed by atoms with van der Waals surface area (Å²) in [7, 11) is 0. The van der Waals surface area contributed by atoms with Crippen LogP contribution in [-0.4, -0.2) is 35.2 Å². The minimum Gasteiger partial charge on any atom is -0.393 e. The molecule has 0 radical (unpaired) electrons. The van der Waals surface area contributed by atoms with Gasteiger partial charge in [0.1, 0.15) is 0 Å². The fourth-order valence-electron chi connectivity index (χ4n) is 3.97. The molecule has 1 fully saturated rings. The Kier molecular flexibility index (Phi) is 8.86. The van der Waals surface area contributed by atoms with Gasteiger partial charge >= 0.3 is 0 Å². The molecule has 1 aliphatic heterocycles. The first-order valence-electron chi connectivity index (χ1n) is 12.3. The van der Waals surface area contributed by atoms with Gasteiger partial charge in [0.15, 0.2) is 0 Å². The van der Waals surface area contributed by atoms with E-state index in [1.165, 1.54) is 5.56 Å². The summed E-state index contributed by atoms with van der Waals surface area (Å²) in [6.07, 6.45) is 8.90. The fraction of sp³-hybridized carbons (Fsp3) is 0.310. The van der Waals surface area contributed by atoms with E-state index in [0.717, 1.165) is 56.4 Å². The summed E-state index contributed by atoms with van der Waals surface area (Å²) in [5.74, 6) is 0. The van der Waals surface area contributed by atoms with Gasteiger partial charge in [-0.25, -0.2) is 5.01 Å². The van der Waals surface area contributed by atoms with Crippen molar-refractivity contribution in [2.24, 2.45) is 10.2 Å². The van der Waals surface area contributed by atoms with Crippen LogP contribution in [0, 0.1) is 0 Å².